The minimum atomic E-state index is 0.662. The largest absolute Gasteiger partial charge is 0.379 e. The number of aromatic nitrogens is 3. The van der Waals surface area contributed by atoms with Crippen LogP contribution in [0.15, 0.2) is 18.3 Å². The van der Waals surface area contributed by atoms with Crippen molar-refractivity contribution in [1.82, 2.24) is 20.3 Å². The third-order valence-corrected chi connectivity index (χ3v) is 2.08. The van der Waals surface area contributed by atoms with E-state index in [2.05, 4.69) is 22.2 Å². The van der Waals surface area contributed by atoms with E-state index >= 15 is 0 Å². The van der Waals surface area contributed by atoms with E-state index in [4.69, 9.17) is 4.74 Å². The molecule has 0 aromatic carbocycles. The second-order valence-corrected chi connectivity index (χ2v) is 3.82. The van der Waals surface area contributed by atoms with Gasteiger partial charge >= 0.3 is 0 Å². The van der Waals surface area contributed by atoms with Gasteiger partial charge < -0.3 is 10.1 Å². The fraction of sp³-hybridized carbons (Fsp3) is 0.636. The summed E-state index contributed by atoms with van der Waals surface area (Å²) >= 11 is 0. The van der Waals surface area contributed by atoms with Crippen LogP contribution < -0.4 is 5.32 Å². The fourth-order valence-electron chi connectivity index (χ4n) is 1.22. The van der Waals surface area contributed by atoms with Crippen LogP contribution in [-0.2, 0) is 17.8 Å². The lowest BCUT2D eigenvalue weighted by molar-refractivity contribution is 0.126. The van der Waals surface area contributed by atoms with Crippen LogP contribution in [0.25, 0.3) is 0 Å². The maximum absolute atomic E-state index is 5.45. The quantitative estimate of drug-likeness (QED) is 0.528. The van der Waals surface area contributed by atoms with Gasteiger partial charge in [0.15, 0.2) is 0 Å². The van der Waals surface area contributed by atoms with Crippen LogP contribution in [0, 0.1) is 0 Å². The van der Waals surface area contributed by atoms with Crippen LogP contribution in [0.1, 0.15) is 19.0 Å². The molecule has 0 saturated carbocycles. The highest BCUT2D eigenvalue weighted by Gasteiger charge is 1.98. The van der Waals surface area contributed by atoms with Crippen molar-refractivity contribution < 1.29 is 4.74 Å². The number of nitrogens with zero attached hydrogens (tertiary/aromatic N) is 3. The molecule has 0 spiro atoms. The van der Waals surface area contributed by atoms with E-state index in [0.29, 0.717) is 6.61 Å². The molecular weight excluding hydrogens is 204 g/mol. The van der Waals surface area contributed by atoms with Crippen molar-refractivity contribution in [2.45, 2.75) is 26.4 Å². The van der Waals surface area contributed by atoms with E-state index in [-0.39, 0.29) is 0 Å². The Balaban J connectivity index is 2.14. The molecule has 0 aliphatic carbocycles. The Morgan fingerprint density at radius 1 is 1.56 bits per heavy atom. The van der Waals surface area contributed by atoms with Crippen LogP contribution >= 0.6 is 0 Å². The normalized spacial score (nSPS) is 10.6. The summed E-state index contributed by atoms with van der Waals surface area (Å²) in [6, 6.07) is 0. The molecule has 0 amide bonds. The summed E-state index contributed by atoms with van der Waals surface area (Å²) in [5, 5.41) is 11.0. The Morgan fingerprint density at radius 2 is 2.38 bits per heavy atom. The average molecular weight is 224 g/mol. The topological polar surface area (TPSA) is 52.0 Å². The zero-order valence-electron chi connectivity index (χ0n) is 10.1. The third-order valence-electron chi connectivity index (χ3n) is 2.08. The lowest BCUT2D eigenvalue weighted by atomic mass is 10.3. The van der Waals surface area contributed by atoms with Crippen LogP contribution in [-0.4, -0.2) is 35.3 Å². The van der Waals surface area contributed by atoms with Gasteiger partial charge in [-0.05, 0) is 20.4 Å². The predicted molar refractivity (Wildman–Crippen MR) is 63.0 cm³/mol. The van der Waals surface area contributed by atoms with Gasteiger partial charge in [0.05, 0.1) is 25.5 Å². The maximum atomic E-state index is 5.45. The number of hydrogen-bond donors (Lipinski definition) is 1. The highest BCUT2D eigenvalue weighted by molar-refractivity contribution is 4.91. The molecule has 0 bridgehead atoms. The number of ether oxygens (including phenoxy) is 1. The van der Waals surface area contributed by atoms with Crippen molar-refractivity contribution in [2.75, 3.05) is 20.3 Å². The zero-order chi connectivity index (χ0) is 11.8. The maximum Gasteiger partial charge on any atom is 0.0964 e. The van der Waals surface area contributed by atoms with Gasteiger partial charge in [-0.1, -0.05) is 10.8 Å². The number of nitrogens with one attached hydrogen (secondary N) is 1. The average Bonchev–Trinajstić information content (AvgIpc) is 2.65. The van der Waals surface area contributed by atoms with Crippen LogP contribution in [0.3, 0.4) is 0 Å². The SMILES string of the molecule is C=C(C)CCOCCn1cc(CNC)nn1. The highest BCUT2D eigenvalue weighted by Crippen LogP contribution is 1.96. The molecule has 5 nitrogen and oxygen atoms in total. The van der Waals surface area contributed by atoms with E-state index in [1.54, 1.807) is 4.68 Å². The van der Waals surface area contributed by atoms with Crippen molar-refractivity contribution in [2.24, 2.45) is 0 Å². The van der Waals surface area contributed by atoms with Gasteiger partial charge in [0, 0.05) is 12.7 Å². The summed E-state index contributed by atoms with van der Waals surface area (Å²) in [4.78, 5) is 0. The van der Waals surface area contributed by atoms with Gasteiger partial charge in [-0.25, -0.2) is 4.68 Å². The lowest BCUT2D eigenvalue weighted by Crippen LogP contribution is -2.07. The molecule has 0 aliphatic rings. The number of rotatable bonds is 8. The van der Waals surface area contributed by atoms with Crippen molar-refractivity contribution in [1.29, 1.82) is 0 Å². The second-order valence-electron chi connectivity index (χ2n) is 3.82. The van der Waals surface area contributed by atoms with Crippen molar-refractivity contribution in [3.05, 3.63) is 24.0 Å². The standard InChI is InChI=1S/C11H20N4O/c1-10(2)4-6-16-7-5-15-9-11(8-12-3)13-14-15/h9,12H,1,4-8H2,2-3H3. The van der Waals surface area contributed by atoms with Crippen molar-refractivity contribution >= 4 is 0 Å². The summed E-state index contributed by atoms with van der Waals surface area (Å²) in [5.41, 5.74) is 2.10. The Hall–Kier alpha value is -1.20. The Bertz CT molecular complexity index is 322. The monoisotopic (exact) mass is 224 g/mol. The molecule has 1 rings (SSSR count). The molecule has 1 aromatic heterocycles. The van der Waals surface area contributed by atoms with Gasteiger partial charge in [-0.15, -0.1) is 11.7 Å². The minimum Gasteiger partial charge on any atom is -0.379 e. The van der Waals surface area contributed by atoms with Gasteiger partial charge in [-0.2, -0.15) is 0 Å². The summed E-state index contributed by atoms with van der Waals surface area (Å²) in [6.07, 6.45) is 2.85. The van der Waals surface area contributed by atoms with Gasteiger partial charge in [0.1, 0.15) is 0 Å². The first kappa shape index (κ1) is 12.9. The molecule has 16 heavy (non-hydrogen) atoms. The molecule has 1 aromatic rings. The van der Waals surface area contributed by atoms with Crippen LogP contribution in [0.5, 0.6) is 0 Å². The Labute approximate surface area is 96.5 Å². The molecule has 90 valence electrons. The minimum absolute atomic E-state index is 0.662. The molecule has 1 heterocycles. The summed E-state index contributed by atoms with van der Waals surface area (Å²) in [6.45, 7) is 8.71. The Morgan fingerprint density at radius 3 is 3.06 bits per heavy atom. The molecule has 0 atom stereocenters. The van der Waals surface area contributed by atoms with E-state index in [1.807, 2.05) is 20.2 Å². The van der Waals surface area contributed by atoms with E-state index in [0.717, 1.165) is 37.4 Å². The van der Waals surface area contributed by atoms with Gasteiger partial charge in [0.25, 0.3) is 0 Å². The van der Waals surface area contributed by atoms with Crippen LogP contribution in [0.2, 0.25) is 0 Å². The Kier molecular flexibility index (Phi) is 5.74. The summed E-state index contributed by atoms with van der Waals surface area (Å²) < 4.78 is 7.25. The van der Waals surface area contributed by atoms with Gasteiger partial charge in [0.2, 0.25) is 0 Å². The third kappa shape index (κ3) is 5.04. The molecule has 0 unspecified atom stereocenters. The molecule has 0 saturated heterocycles. The fourth-order valence-corrected chi connectivity index (χ4v) is 1.22. The van der Waals surface area contributed by atoms with Crippen LogP contribution in [0.4, 0.5) is 0 Å². The first-order valence-corrected chi connectivity index (χ1v) is 5.48. The smallest absolute Gasteiger partial charge is 0.0964 e. The molecule has 0 radical (unpaired) electrons. The van der Waals surface area contributed by atoms with Gasteiger partial charge in [-0.3, -0.25) is 0 Å². The van der Waals surface area contributed by atoms with E-state index in [9.17, 15) is 0 Å². The van der Waals surface area contributed by atoms with E-state index in [1.165, 1.54) is 0 Å². The highest BCUT2D eigenvalue weighted by atomic mass is 16.5. The summed E-state index contributed by atoms with van der Waals surface area (Å²) in [7, 11) is 1.89. The molecular formula is C11H20N4O. The first-order chi connectivity index (χ1) is 7.72. The molecule has 1 N–H and O–H groups in total. The first-order valence-electron chi connectivity index (χ1n) is 5.48. The number of hydrogen-bond acceptors (Lipinski definition) is 4. The molecule has 0 aliphatic heterocycles. The second kappa shape index (κ2) is 7.14. The van der Waals surface area contributed by atoms with Crippen molar-refractivity contribution in [3.8, 4) is 0 Å². The molecule has 5 heteroatoms. The summed E-state index contributed by atoms with van der Waals surface area (Å²) in [5.74, 6) is 0. The molecule has 0 fully saturated rings. The predicted octanol–water partition coefficient (Wildman–Crippen LogP) is 0.980. The lowest BCUT2D eigenvalue weighted by Gasteiger charge is -2.03. The van der Waals surface area contributed by atoms with Crippen molar-refractivity contribution in [3.63, 3.8) is 0 Å². The zero-order valence-corrected chi connectivity index (χ0v) is 10.1. The van der Waals surface area contributed by atoms with E-state index < -0.39 is 0 Å².